The van der Waals surface area contributed by atoms with Gasteiger partial charge in [-0.15, -0.1) is 0 Å². The van der Waals surface area contributed by atoms with E-state index in [1.807, 2.05) is 0 Å². The number of anilines is 1. The minimum atomic E-state index is -0.502. The molecule has 0 unspecified atom stereocenters. The fourth-order valence-electron chi connectivity index (χ4n) is 2.71. The average Bonchev–Trinajstić information content (AvgIpc) is 3.19. The number of carbonyl (C=O) groups is 1. The molecule has 0 aliphatic carbocycles. The molecule has 0 saturated carbocycles. The summed E-state index contributed by atoms with van der Waals surface area (Å²) in [4.78, 5) is 12.4. The molecule has 0 spiro atoms. The van der Waals surface area contributed by atoms with Crippen molar-refractivity contribution in [2.24, 2.45) is 0 Å². The van der Waals surface area contributed by atoms with Crippen molar-refractivity contribution in [1.29, 1.82) is 0 Å². The number of rotatable bonds is 3. The number of amides is 1. The van der Waals surface area contributed by atoms with Crippen LogP contribution in [0.15, 0.2) is 59.1 Å². The molecule has 0 radical (unpaired) electrons. The first-order chi connectivity index (χ1) is 12.5. The average molecular weight is 353 g/mol. The number of para-hydroxylation sites is 1. The van der Waals surface area contributed by atoms with Crippen LogP contribution in [0.3, 0.4) is 0 Å². The van der Waals surface area contributed by atoms with Crippen LogP contribution in [0, 0.1) is 18.6 Å². The van der Waals surface area contributed by atoms with E-state index in [9.17, 15) is 13.6 Å². The topological polar surface area (TPSA) is 60.1 Å². The summed E-state index contributed by atoms with van der Waals surface area (Å²) < 4.78 is 34.1. The van der Waals surface area contributed by atoms with Gasteiger partial charge >= 0.3 is 0 Å². The molecule has 1 N–H and O–H groups in total. The van der Waals surface area contributed by atoms with Crippen molar-refractivity contribution in [3.63, 3.8) is 0 Å². The lowest BCUT2D eigenvalue weighted by Crippen LogP contribution is -2.11. The van der Waals surface area contributed by atoms with Crippen molar-refractivity contribution in [3.8, 4) is 5.69 Å². The maximum atomic E-state index is 13.9. The van der Waals surface area contributed by atoms with E-state index in [-0.39, 0.29) is 11.4 Å². The number of carbonyl (C=O) groups excluding carboxylic acids is 1. The van der Waals surface area contributed by atoms with Gasteiger partial charge in [0.15, 0.2) is 5.76 Å². The number of fused-ring (bicyclic) bond motifs is 1. The van der Waals surface area contributed by atoms with E-state index >= 15 is 0 Å². The second-order valence-corrected chi connectivity index (χ2v) is 5.75. The van der Waals surface area contributed by atoms with Gasteiger partial charge in [0.05, 0.1) is 17.6 Å². The van der Waals surface area contributed by atoms with Crippen LogP contribution < -0.4 is 5.32 Å². The van der Waals surface area contributed by atoms with Crippen LogP contribution in [0.1, 0.15) is 16.2 Å². The van der Waals surface area contributed by atoms with Crippen molar-refractivity contribution < 1.29 is 18.0 Å². The third kappa shape index (κ3) is 2.73. The van der Waals surface area contributed by atoms with Gasteiger partial charge in [-0.1, -0.05) is 12.1 Å². The molecule has 26 heavy (non-hydrogen) atoms. The number of halogens is 2. The second-order valence-electron chi connectivity index (χ2n) is 5.75. The SMILES string of the molecule is Cc1c(NC(=O)c2cc3cc(F)ccc3o2)cnn1-c1ccccc1F. The molecule has 0 fully saturated rings. The van der Waals surface area contributed by atoms with Gasteiger partial charge in [0.2, 0.25) is 0 Å². The quantitative estimate of drug-likeness (QED) is 0.592. The zero-order valence-electron chi connectivity index (χ0n) is 13.7. The molecule has 130 valence electrons. The third-order valence-electron chi connectivity index (χ3n) is 4.04. The number of hydrogen-bond acceptors (Lipinski definition) is 3. The van der Waals surface area contributed by atoms with Crippen LogP contribution in [-0.4, -0.2) is 15.7 Å². The van der Waals surface area contributed by atoms with Gasteiger partial charge in [-0.3, -0.25) is 4.79 Å². The maximum absolute atomic E-state index is 13.9. The smallest absolute Gasteiger partial charge is 0.291 e. The van der Waals surface area contributed by atoms with Crippen LogP contribution in [0.4, 0.5) is 14.5 Å². The Labute approximate surface area is 146 Å². The van der Waals surface area contributed by atoms with E-state index in [1.165, 1.54) is 41.2 Å². The van der Waals surface area contributed by atoms with Gasteiger partial charge < -0.3 is 9.73 Å². The van der Waals surface area contributed by atoms with E-state index in [4.69, 9.17) is 4.42 Å². The van der Waals surface area contributed by atoms with E-state index in [2.05, 4.69) is 10.4 Å². The summed E-state index contributed by atoms with van der Waals surface area (Å²) in [6.07, 6.45) is 1.43. The Morgan fingerprint density at radius 1 is 1.15 bits per heavy atom. The van der Waals surface area contributed by atoms with Crippen molar-refractivity contribution in [1.82, 2.24) is 9.78 Å². The molecule has 7 heteroatoms. The highest BCUT2D eigenvalue weighted by Crippen LogP contribution is 2.23. The Kier molecular flexibility index (Phi) is 3.76. The van der Waals surface area contributed by atoms with E-state index in [0.29, 0.717) is 22.4 Å². The highest BCUT2D eigenvalue weighted by Gasteiger charge is 2.17. The number of nitrogens with one attached hydrogen (secondary N) is 1. The third-order valence-corrected chi connectivity index (χ3v) is 4.04. The molecule has 0 aliphatic heterocycles. The van der Waals surface area contributed by atoms with Crippen LogP contribution in [-0.2, 0) is 0 Å². The van der Waals surface area contributed by atoms with Gasteiger partial charge in [-0.25, -0.2) is 13.5 Å². The molecule has 4 aromatic rings. The second kappa shape index (κ2) is 6.11. The lowest BCUT2D eigenvalue weighted by atomic mass is 10.2. The maximum Gasteiger partial charge on any atom is 0.291 e. The van der Waals surface area contributed by atoms with Crippen LogP contribution >= 0.6 is 0 Å². The van der Waals surface area contributed by atoms with Gasteiger partial charge in [0.25, 0.3) is 5.91 Å². The van der Waals surface area contributed by atoms with E-state index in [1.54, 1.807) is 25.1 Å². The lowest BCUT2D eigenvalue weighted by Gasteiger charge is -2.07. The predicted molar refractivity (Wildman–Crippen MR) is 92.4 cm³/mol. The zero-order valence-corrected chi connectivity index (χ0v) is 13.7. The molecule has 0 saturated heterocycles. The molecule has 2 heterocycles. The zero-order chi connectivity index (χ0) is 18.3. The summed E-state index contributed by atoms with van der Waals surface area (Å²) in [6, 6.07) is 11.7. The Morgan fingerprint density at radius 3 is 2.77 bits per heavy atom. The number of furan rings is 1. The minimum Gasteiger partial charge on any atom is -0.451 e. The monoisotopic (exact) mass is 353 g/mol. The molecule has 5 nitrogen and oxygen atoms in total. The van der Waals surface area contributed by atoms with Crippen molar-refractivity contribution in [2.45, 2.75) is 6.92 Å². The highest BCUT2D eigenvalue weighted by molar-refractivity contribution is 6.04. The van der Waals surface area contributed by atoms with Crippen LogP contribution in [0.25, 0.3) is 16.7 Å². The van der Waals surface area contributed by atoms with Gasteiger partial charge in [-0.2, -0.15) is 5.10 Å². The number of hydrogen-bond donors (Lipinski definition) is 1. The number of aromatic nitrogens is 2. The van der Waals surface area contributed by atoms with Gasteiger partial charge in [0, 0.05) is 5.39 Å². The molecule has 0 atom stereocenters. The van der Waals surface area contributed by atoms with E-state index < -0.39 is 17.5 Å². The molecular weight excluding hydrogens is 340 g/mol. The fourth-order valence-corrected chi connectivity index (χ4v) is 2.71. The minimum absolute atomic E-state index is 0.0450. The van der Waals surface area contributed by atoms with Gasteiger partial charge in [-0.05, 0) is 43.3 Å². The first-order valence-electron chi connectivity index (χ1n) is 7.83. The van der Waals surface area contributed by atoms with Crippen molar-refractivity contribution in [3.05, 3.63) is 77.8 Å². The molecule has 0 bridgehead atoms. The first-order valence-corrected chi connectivity index (χ1v) is 7.83. The summed E-state index contributed by atoms with van der Waals surface area (Å²) >= 11 is 0. The number of nitrogens with zero attached hydrogens (tertiary/aromatic N) is 2. The van der Waals surface area contributed by atoms with Crippen LogP contribution in [0.5, 0.6) is 0 Å². The summed E-state index contributed by atoms with van der Waals surface area (Å²) in [6.45, 7) is 1.71. The van der Waals surface area contributed by atoms with Gasteiger partial charge in [0.1, 0.15) is 22.9 Å². The van der Waals surface area contributed by atoms with Crippen LogP contribution in [0.2, 0.25) is 0 Å². The molecule has 2 aromatic carbocycles. The molecular formula is C19H13F2N3O2. The fraction of sp³-hybridized carbons (Fsp3) is 0.0526. The summed E-state index contributed by atoms with van der Waals surface area (Å²) in [7, 11) is 0. The molecule has 2 aromatic heterocycles. The number of benzene rings is 2. The largest absolute Gasteiger partial charge is 0.451 e. The standard InChI is InChI=1S/C19H13F2N3O2/c1-11-15(10-22-24(11)16-5-3-2-4-14(16)21)23-19(25)18-9-12-8-13(20)6-7-17(12)26-18/h2-10H,1H3,(H,23,25). The first kappa shape index (κ1) is 16.0. The van der Waals surface area contributed by atoms with Crippen molar-refractivity contribution >= 4 is 22.6 Å². The summed E-state index contributed by atoms with van der Waals surface area (Å²) in [5, 5.41) is 7.30. The summed E-state index contributed by atoms with van der Waals surface area (Å²) in [5.41, 5.74) is 1.68. The summed E-state index contributed by atoms with van der Waals surface area (Å²) in [5.74, 6) is -1.29. The molecule has 1 amide bonds. The molecule has 0 aliphatic rings. The molecule has 4 rings (SSSR count). The Morgan fingerprint density at radius 2 is 1.96 bits per heavy atom. The normalized spacial score (nSPS) is 11.0. The highest BCUT2D eigenvalue weighted by atomic mass is 19.1. The van der Waals surface area contributed by atoms with E-state index in [0.717, 1.165) is 0 Å². The lowest BCUT2D eigenvalue weighted by molar-refractivity contribution is 0.0998. The Balaban J connectivity index is 1.63. The Bertz CT molecular complexity index is 1130. The van der Waals surface area contributed by atoms with Crippen molar-refractivity contribution in [2.75, 3.05) is 5.32 Å². The predicted octanol–water partition coefficient (Wildman–Crippen LogP) is 4.46. The Hall–Kier alpha value is -3.48.